The highest BCUT2D eigenvalue weighted by molar-refractivity contribution is 7.91. The molecule has 0 radical (unpaired) electrons. The number of hydrogen-bond donors (Lipinski definition) is 0. The van der Waals surface area contributed by atoms with Crippen molar-refractivity contribution in [2.24, 2.45) is 0 Å². The summed E-state index contributed by atoms with van der Waals surface area (Å²) >= 11 is 11.9. The van der Waals surface area contributed by atoms with Crippen molar-refractivity contribution in [1.82, 2.24) is 9.55 Å². The normalized spacial score (nSPS) is 11.9. The zero-order valence-electron chi connectivity index (χ0n) is 15.5. The smallest absolute Gasteiger partial charge is 0.166 e. The lowest BCUT2D eigenvalue weighted by molar-refractivity contribution is -0.118. The van der Waals surface area contributed by atoms with Crippen LogP contribution in [-0.2, 0) is 21.1 Å². The third-order valence-corrected chi connectivity index (χ3v) is 7.42. The van der Waals surface area contributed by atoms with Gasteiger partial charge in [-0.3, -0.25) is 9.36 Å². The molecule has 8 heteroatoms. The number of carbonyl (C=O) groups is 1. The summed E-state index contributed by atoms with van der Waals surface area (Å²) in [5.74, 6) is 0.347. The molecule has 2 aromatic rings. The van der Waals surface area contributed by atoms with E-state index in [1.165, 1.54) is 0 Å². The second-order valence-corrected chi connectivity index (χ2v) is 10.2. The van der Waals surface area contributed by atoms with Crippen LogP contribution in [0.2, 0.25) is 10.3 Å². The van der Waals surface area contributed by atoms with Crippen molar-refractivity contribution in [3.63, 3.8) is 0 Å². The first kappa shape index (κ1) is 21.9. The molecule has 148 valence electrons. The van der Waals surface area contributed by atoms with Gasteiger partial charge in [0.05, 0.1) is 11.0 Å². The van der Waals surface area contributed by atoms with Crippen LogP contribution in [0.4, 0.5) is 0 Å². The molecule has 1 aromatic heterocycles. The maximum Gasteiger partial charge on any atom is 0.166 e. The van der Waals surface area contributed by atoms with Crippen molar-refractivity contribution in [3.05, 3.63) is 46.5 Å². The maximum atomic E-state index is 12.1. The van der Waals surface area contributed by atoms with Crippen molar-refractivity contribution >= 4 is 38.8 Å². The van der Waals surface area contributed by atoms with Crippen LogP contribution in [0.25, 0.3) is 5.69 Å². The summed E-state index contributed by atoms with van der Waals surface area (Å²) in [6, 6.07) is 7.49. The molecule has 0 atom stereocenters. The third kappa shape index (κ3) is 6.33. The Kier molecular flexibility index (Phi) is 7.89. The van der Waals surface area contributed by atoms with Crippen LogP contribution in [0.3, 0.4) is 0 Å². The molecule has 5 nitrogen and oxygen atoms in total. The fraction of sp³-hybridized carbons (Fsp3) is 0.474. The van der Waals surface area contributed by atoms with Crippen LogP contribution in [0.5, 0.6) is 0 Å². The molecule has 0 N–H and O–H groups in total. The zero-order valence-corrected chi connectivity index (χ0v) is 17.8. The molecule has 0 spiro atoms. The first-order valence-corrected chi connectivity index (χ1v) is 11.4. The number of aromatic nitrogens is 2. The van der Waals surface area contributed by atoms with Crippen LogP contribution < -0.4 is 0 Å². The van der Waals surface area contributed by atoms with E-state index < -0.39 is 9.84 Å². The van der Waals surface area contributed by atoms with Crippen LogP contribution in [0.1, 0.15) is 45.1 Å². The predicted octanol–water partition coefficient (Wildman–Crippen LogP) is 4.67. The van der Waals surface area contributed by atoms with Gasteiger partial charge in [0.15, 0.2) is 20.1 Å². The largest absolute Gasteiger partial charge is 0.299 e. The quantitative estimate of drug-likeness (QED) is 0.513. The number of nitrogens with zero attached hydrogens (tertiary/aromatic N) is 2. The van der Waals surface area contributed by atoms with Gasteiger partial charge < -0.3 is 0 Å². The van der Waals surface area contributed by atoms with E-state index in [9.17, 15) is 13.2 Å². The van der Waals surface area contributed by atoms with Crippen LogP contribution in [0.15, 0.2) is 30.6 Å². The number of imidazole rings is 1. The summed E-state index contributed by atoms with van der Waals surface area (Å²) in [6.07, 6.45) is 4.45. The first-order chi connectivity index (χ1) is 12.7. The molecule has 27 heavy (non-hydrogen) atoms. The maximum absolute atomic E-state index is 12.1. The number of rotatable bonds is 10. The highest BCUT2D eigenvalue weighted by Gasteiger charge is 2.15. The Hall–Kier alpha value is -1.37. The summed E-state index contributed by atoms with van der Waals surface area (Å²) < 4.78 is 25.1. The molecule has 2 rings (SSSR count). The molecule has 0 bridgehead atoms. The lowest BCUT2D eigenvalue weighted by Crippen LogP contribution is -2.17. The zero-order chi connectivity index (χ0) is 20.0. The Balaban J connectivity index is 1.77. The van der Waals surface area contributed by atoms with Crippen molar-refractivity contribution in [2.45, 2.75) is 51.2 Å². The Labute approximate surface area is 170 Å². The Morgan fingerprint density at radius 2 is 1.78 bits per heavy atom. The standard InChI is InChI=1S/C19H24Cl2N2O3S/c1-14(2)27(25,26)11-5-3-4-6-17(24)12-15-7-9-16(10-8-15)23-13-22-18(20)19(23)21/h7-10,13-14H,3-6,11-12H2,1-2H3. The summed E-state index contributed by atoms with van der Waals surface area (Å²) in [6.45, 7) is 3.39. The SMILES string of the molecule is CC(C)S(=O)(=O)CCCCCC(=O)Cc1ccc(-n2cnc(Cl)c2Cl)cc1. The number of carbonyl (C=O) groups excluding carboxylic acids is 1. The summed E-state index contributed by atoms with van der Waals surface area (Å²) in [4.78, 5) is 16.1. The van der Waals surface area contributed by atoms with Crippen LogP contribution >= 0.6 is 23.2 Å². The van der Waals surface area contributed by atoms with Gasteiger partial charge in [0.25, 0.3) is 0 Å². The van der Waals surface area contributed by atoms with Gasteiger partial charge >= 0.3 is 0 Å². The van der Waals surface area contributed by atoms with Gasteiger partial charge in [-0.05, 0) is 44.4 Å². The summed E-state index contributed by atoms with van der Waals surface area (Å²) in [7, 11) is -2.99. The molecular weight excluding hydrogens is 407 g/mol. The number of ketones is 1. The molecule has 0 aliphatic rings. The van der Waals surface area contributed by atoms with Gasteiger partial charge in [-0.25, -0.2) is 13.4 Å². The number of halogens is 2. The van der Waals surface area contributed by atoms with E-state index in [1.807, 2.05) is 24.3 Å². The van der Waals surface area contributed by atoms with Gasteiger partial charge in [-0.1, -0.05) is 41.8 Å². The van der Waals surface area contributed by atoms with Gasteiger partial charge in [-0.2, -0.15) is 0 Å². The average molecular weight is 431 g/mol. The predicted molar refractivity (Wildman–Crippen MR) is 110 cm³/mol. The number of unbranched alkanes of at least 4 members (excludes halogenated alkanes) is 2. The van der Waals surface area contributed by atoms with Crippen LogP contribution in [0, 0.1) is 0 Å². The van der Waals surface area contributed by atoms with E-state index in [-0.39, 0.29) is 21.9 Å². The Bertz CT molecular complexity index is 875. The monoisotopic (exact) mass is 430 g/mol. The van der Waals surface area contributed by atoms with E-state index in [0.717, 1.165) is 17.7 Å². The molecule has 0 saturated carbocycles. The highest BCUT2D eigenvalue weighted by atomic mass is 35.5. The lowest BCUT2D eigenvalue weighted by atomic mass is 10.0. The van der Waals surface area contributed by atoms with E-state index in [4.69, 9.17) is 23.2 Å². The number of sulfone groups is 1. The molecule has 0 amide bonds. The number of hydrogen-bond acceptors (Lipinski definition) is 4. The van der Waals surface area contributed by atoms with Crippen molar-refractivity contribution < 1.29 is 13.2 Å². The minimum atomic E-state index is -2.99. The molecule has 0 aliphatic carbocycles. The third-order valence-electron chi connectivity index (χ3n) is 4.39. The van der Waals surface area contributed by atoms with E-state index in [1.54, 1.807) is 24.7 Å². The van der Waals surface area contributed by atoms with E-state index >= 15 is 0 Å². The van der Waals surface area contributed by atoms with Crippen molar-refractivity contribution in [1.29, 1.82) is 0 Å². The molecule has 1 aromatic carbocycles. The molecule has 0 aliphatic heterocycles. The van der Waals surface area contributed by atoms with Gasteiger partial charge in [0.1, 0.15) is 12.1 Å². The lowest BCUT2D eigenvalue weighted by Gasteiger charge is -2.07. The molecule has 0 saturated heterocycles. The Morgan fingerprint density at radius 1 is 1.11 bits per heavy atom. The molecule has 1 heterocycles. The average Bonchev–Trinajstić information content (AvgIpc) is 2.94. The Morgan fingerprint density at radius 3 is 2.33 bits per heavy atom. The minimum absolute atomic E-state index is 0.151. The van der Waals surface area contributed by atoms with E-state index in [2.05, 4.69) is 4.98 Å². The van der Waals surface area contributed by atoms with Crippen molar-refractivity contribution in [2.75, 3.05) is 5.75 Å². The summed E-state index contributed by atoms with van der Waals surface area (Å²) in [5, 5.41) is 0.257. The summed E-state index contributed by atoms with van der Waals surface area (Å²) in [5.41, 5.74) is 1.75. The molecule has 0 fully saturated rings. The first-order valence-electron chi connectivity index (χ1n) is 8.91. The molecule has 0 unspecified atom stereocenters. The van der Waals surface area contributed by atoms with Gasteiger partial charge in [0, 0.05) is 18.5 Å². The second kappa shape index (κ2) is 9.71. The van der Waals surface area contributed by atoms with Crippen molar-refractivity contribution in [3.8, 4) is 5.69 Å². The number of benzene rings is 1. The highest BCUT2D eigenvalue weighted by Crippen LogP contribution is 2.23. The topological polar surface area (TPSA) is 69.0 Å². The second-order valence-electron chi connectivity index (χ2n) is 6.80. The van der Waals surface area contributed by atoms with Gasteiger partial charge in [-0.15, -0.1) is 0 Å². The van der Waals surface area contributed by atoms with Crippen LogP contribution in [-0.4, -0.2) is 34.8 Å². The molecular formula is C19H24Cl2N2O3S. The fourth-order valence-corrected chi connectivity index (χ4v) is 4.02. The van der Waals surface area contributed by atoms with Gasteiger partial charge in [0.2, 0.25) is 0 Å². The van der Waals surface area contributed by atoms with E-state index in [0.29, 0.717) is 30.8 Å². The minimum Gasteiger partial charge on any atom is -0.299 e. The number of Topliss-reactive ketones (excluding diaryl/α,β-unsaturated/α-hetero) is 1. The fourth-order valence-electron chi connectivity index (χ4n) is 2.62.